The first-order valence-corrected chi connectivity index (χ1v) is 6.27. The van der Waals surface area contributed by atoms with Crippen molar-refractivity contribution in [2.45, 2.75) is 0 Å². The second-order valence-electron chi connectivity index (χ2n) is 4.10. The lowest BCUT2D eigenvalue weighted by Crippen LogP contribution is -1.93. The van der Waals surface area contributed by atoms with E-state index in [2.05, 4.69) is 0 Å². The van der Waals surface area contributed by atoms with E-state index in [0.29, 0.717) is 5.69 Å². The summed E-state index contributed by atoms with van der Waals surface area (Å²) in [6, 6.07) is 9.44. The van der Waals surface area contributed by atoms with Crippen molar-refractivity contribution in [1.29, 1.82) is 5.26 Å². The first-order valence-electron chi connectivity index (χ1n) is 5.89. The summed E-state index contributed by atoms with van der Waals surface area (Å²) in [5.41, 5.74) is 11.2. The molecule has 2 aromatic carbocycles. The number of nitriles is 1. The quantitative estimate of drug-likeness (QED) is 0.484. The number of hydrogen-bond donors (Lipinski definition) is 2. The highest BCUT2D eigenvalue weighted by atomic mass is 35.5. The molecule has 0 aliphatic carbocycles. The second-order valence-corrected chi connectivity index (χ2v) is 4.51. The van der Waals surface area contributed by atoms with E-state index in [1.165, 1.54) is 30.3 Å². The van der Waals surface area contributed by atoms with E-state index >= 15 is 0 Å². The number of hydrogen-bond acceptors (Lipinski definition) is 7. The summed E-state index contributed by atoms with van der Waals surface area (Å²) < 4.78 is 0. The van der Waals surface area contributed by atoms with Gasteiger partial charge in [-0.15, -0.1) is 0 Å². The summed E-state index contributed by atoms with van der Waals surface area (Å²) in [7, 11) is 0. The molecule has 0 fully saturated rings. The molecule has 0 atom stereocenters. The predicted octanol–water partition coefficient (Wildman–Crippen LogP) is 2.88. The third-order valence-electron chi connectivity index (χ3n) is 2.56. The van der Waals surface area contributed by atoms with Gasteiger partial charge in [0.1, 0.15) is 6.07 Å². The predicted molar refractivity (Wildman–Crippen MR) is 84.7 cm³/mol. The lowest BCUT2D eigenvalue weighted by atomic mass is 10.2. The van der Waals surface area contributed by atoms with E-state index in [4.69, 9.17) is 28.3 Å². The number of benzene rings is 2. The Bertz CT molecular complexity index is 803. The van der Waals surface area contributed by atoms with Gasteiger partial charge in [0.2, 0.25) is 0 Å². The van der Waals surface area contributed by atoms with Crippen molar-refractivity contribution in [1.82, 2.24) is 0 Å². The molecule has 0 saturated heterocycles. The molecule has 0 spiro atoms. The molecule has 4 N–H and O–H groups in total. The molecule has 2 rings (SSSR count). The highest BCUT2D eigenvalue weighted by molar-refractivity contribution is 6.33. The van der Waals surface area contributed by atoms with Gasteiger partial charge < -0.3 is 11.5 Å². The maximum atomic E-state index is 10.2. The minimum absolute atomic E-state index is 0.0517. The Hall–Kier alpha value is -3.38. The monoisotopic (exact) mass is 335 g/mol. The third kappa shape index (κ3) is 4.83. The van der Waals surface area contributed by atoms with Crippen LogP contribution in [-0.2, 0) is 0 Å². The molecule has 23 heavy (non-hydrogen) atoms. The van der Waals surface area contributed by atoms with Crippen molar-refractivity contribution >= 4 is 34.4 Å². The average Bonchev–Trinajstić information content (AvgIpc) is 2.50. The topological polar surface area (TPSA) is 162 Å². The molecule has 0 heterocycles. The SMILES string of the molecule is N#Cc1cc([N+](=O)[O-])ccc1N.Nc1ccc([N+](=O)[O-])cc1Cl. The zero-order valence-electron chi connectivity index (χ0n) is 11.5. The number of nitro benzene ring substituents is 2. The van der Waals surface area contributed by atoms with Gasteiger partial charge in [-0.05, 0) is 12.1 Å². The molecule has 0 aromatic heterocycles. The molecule has 0 aliphatic rings. The Balaban J connectivity index is 0.000000231. The lowest BCUT2D eigenvalue weighted by Gasteiger charge is -1.95. The molecule has 0 aliphatic heterocycles. The number of halogens is 1. The van der Waals surface area contributed by atoms with Gasteiger partial charge in [-0.2, -0.15) is 5.26 Å². The van der Waals surface area contributed by atoms with Crippen LogP contribution in [0.5, 0.6) is 0 Å². The molecule has 9 nitrogen and oxygen atoms in total. The van der Waals surface area contributed by atoms with Gasteiger partial charge in [0.25, 0.3) is 11.4 Å². The number of nitrogens with two attached hydrogens (primary N) is 2. The Morgan fingerprint density at radius 3 is 1.87 bits per heavy atom. The molecule has 0 radical (unpaired) electrons. The minimum atomic E-state index is -0.569. The van der Waals surface area contributed by atoms with Gasteiger partial charge in [-0.3, -0.25) is 20.2 Å². The number of non-ortho nitro benzene ring substituents is 2. The Labute approximate surface area is 135 Å². The fraction of sp³-hybridized carbons (Fsp3) is 0. The Morgan fingerprint density at radius 2 is 1.43 bits per heavy atom. The van der Waals surface area contributed by atoms with Crippen molar-refractivity contribution in [2.24, 2.45) is 0 Å². The van der Waals surface area contributed by atoms with Crippen molar-refractivity contribution < 1.29 is 9.85 Å². The molecule has 2 aromatic rings. The van der Waals surface area contributed by atoms with Crippen LogP contribution in [0, 0.1) is 31.6 Å². The van der Waals surface area contributed by atoms with Crippen LogP contribution >= 0.6 is 11.6 Å². The van der Waals surface area contributed by atoms with Crippen molar-refractivity contribution in [3.63, 3.8) is 0 Å². The molecule has 0 unspecified atom stereocenters. The number of nitrogens with zero attached hydrogens (tertiary/aromatic N) is 3. The van der Waals surface area contributed by atoms with Crippen molar-refractivity contribution in [2.75, 3.05) is 11.5 Å². The Morgan fingerprint density at radius 1 is 0.957 bits per heavy atom. The van der Waals surface area contributed by atoms with Gasteiger partial charge in [-0.25, -0.2) is 0 Å². The van der Waals surface area contributed by atoms with Crippen molar-refractivity contribution in [3.05, 3.63) is 67.2 Å². The second kappa shape index (κ2) is 7.58. The van der Waals surface area contributed by atoms with E-state index < -0.39 is 9.85 Å². The van der Waals surface area contributed by atoms with Gasteiger partial charge in [0, 0.05) is 30.0 Å². The zero-order valence-corrected chi connectivity index (χ0v) is 12.2. The summed E-state index contributed by atoms with van der Waals surface area (Å²) in [5.74, 6) is 0. The summed E-state index contributed by atoms with van der Waals surface area (Å²) in [6.45, 7) is 0. The zero-order chi connectivity index (χ0) is 17.6. The molecular weight excluding hydrogens is 326 g/mol. The largest absolute Gasteiger partial charge is 0.398 e. The summed E-state index contributed by atoms with van der Waals surface area (Å²) in [6.07, 6.45) is 0. The van der Waals surface area contributed by atoms with Crippen LogP contribution in [0.2, 0.25) is 5.02 Å². The van der Waals surface area contributed by atoms with E-state index in [1.54, 1.807) is 6.07 Å². The molecule has 0 amide bonds. The van der Waals surface area contributed by atoms with E-state index in [1.807, 2.05) is 0 Å². The van der Waals surface area contributed by atoms with Crippen LogP contribution in [0.25, 0.3) is 0 Å². The normalized spacial score (nSPS) is 9.22. The van der Waals surface area contributed by atoms with Crippen LogP contribution < -0.4 is 11.5 Å². The maximum Gasteiger partial charge on any atom is 0.271 e. The van der Waals surface area contributed by atoms with Gasteiger partial charge in [0.15, 0.2) is 0 Å². The van der Waals surface area contributed by atoms with Gasteiger partial charge >= 0.3 is 0 Å². The number of anilines is 2. The number of nitro groups is 2. The standard InChI is InChI=1S/C7H5N3O2.C6H5ClN2O2/c8-4-5-3-6(10(11)12)1-2-7(5)9;7-5-3-4(9(10)11)1-2-6(5)8/h1-3H,9H2;1-3H,8H2. The van der Waals surface area contributed by atoms with Crippen LogP contribution in [0.3, 0.4) is 0 Å². The molecular formula is C13H10ClN5O4. The summed E-state index contributed by atoms with van der Waals surface area (Å²) in [4.78, 5) is 19.3. The van der Waals surface area contributed by atoms with Gasteiger partial charge in [0.05, 0.1) is 26.1 Å². The third-order valence-corrected chi connectivity index (χ3v) is 2.89. The fourth-order valence-electron chi connectivity index (χ4n) is 1.38. The summed E-state index contributed by atoms with van der Waals surface area (Å²) in [5, 5.41) is 29.1. The van der Waals surface area contributed by atoms with Gasteiger partial charge in [-0.1, -0.05) is 11.6 Å². The highest BCUT2D eigenvalue weighted by Crippen LogP contribution is 2.23. The van der Waals surface area contributed by atoms with E-state index in [0.717, 1.165) is 6.07 Å². The number of nitrogen functional groups attached to an aromatic ring is 2. The summed E-state index contributed by atoms with van der Waals surface area (Å²) >= 11 is 5.53. The fourth-order valence-corrected chi connectivity index (χ4v) is 1.56. The average molecular weight is 336 g/mol. The van der Waals surface area contributed by atoms with Crippen molar-refractivity contribution in [3.8, 4) is 6.07 Å². The lowest BCUT2D eigenvalue weighted by molar-refractivity contribution is -0.385. The maximum absolute atomic E-state index is 10.2. The molecule has 0 bridgehead atoms. The van der Waals surface area contributed by atoms with E-state index in [-0.39, 0.29) is 27.6 Å². The highest BCUT2D eigenvalue weighted by Gasteiger charge is 2.08. The molecule has 118 valence electrons. The first kappa shape index (κ1) is 17.7. The smallest absolute Gasteiger partial charge is 0.271 e. The minimum Gasteiger partial charge on any atom is -0.398 e. The molecule has 10 heteroatoms. The first-order chi connectivity index (χ1) is 10.8. The van der Waals surface area contributed by atoms with Crippen LogP contribution in [0.15, 0.2) is 36.4 Å². The van der Waals surface area contributed by atoms with Crippen LogP contribution in [0.4, 0.5) is 22.7 Å². The van der Waals surface area contributed by atoms with Crippen LogP contribution in [-0.4, -0.2) is 9.85 Å². The number of rotatable bonds is 2. The van der Waals surface area contributed by atoms with E-state index in [9.17, 15) is 20.2 Å². The molecule has 0 saturated carbocycles. The van der Waals surface area contributed by atoms with Crippen LogP contribution in [0.1, 0.15) is 5.56 Å². The Kier molecular flexibility index (Phi) is 5.82.